The molecule has 3 aromatic heterocycles. The first-order chi connectivity index (χ1) is 12.0. The minimum absolute atomic E-state index is 0.215. The number of amides is 1. The summed E-state index contributed by atoms with van der Waals surface area (Å²) in [6.45, 7) is 8.07. The molecular formula is C17H22N6OS. The maximum Gasteiger partial charge on any atom is 0.259 e. The van der Waals surface area contributed by atoms with E-state index in [9.17, 15) is 4.79 Å². The second kappa shape index (κ2) is 7.26. The summed E-state index contributed by atoms with van der Waals surface area (Å²) in [4.78, 5) is 17.2. The van der Waals surface area contributed by atoms with Crippen LogP contribution in [-0.4, -0.2) is 30.9 Å². The van der Waals surface area contributed by atoms with Gasteiger partial charge in [-0.1, -0.05) is 24.7 Å². The normalized spacial score (nSPS) is 11.4. The minimum Gasteiger partial charge on any atom is -0.296 e. The smallest absolute Gasteiger partial charge is 0.259 e. The summed E-state index contributed by atoms with van der Waals surface area (Å²) in [5.41, 5.74) is 1.99. The Morgan fingerprint density at radius 1 is 1.36 bits per heavy atom. The van der Waals surface area contributed by atoms with Gasteiger partial charge in [0, 0.05) is 17.8 Å². The number of rotatable bonds is 6. The van der Waals surface area contributed by atoms with Gasteiger partial charge >= 0.3 is 0 Å². The number of nitrogens with zero attached hydrogens (tertiary/aromatic N) is 5. The number of pyridine rings is 1. The van der Waals surface area contributed by atoms with Gasteiger partial charge in [-0.25, -0.2) is 9.67 Å². The van der Waals surface area contributed by atoms with Gasteiger partial charge in [0.15, 0.2) is 5.65 Å². The second-order valence-corrected chi connectivity index (χ2v) is 7.34. The van der Waals surface area contributed by atoms with Crippen LogP contribution in [0.1, 0.15) is 60.7 Å². The fraction of sp³-hybridized carbons (Fsp3) is 0.471. The number of aryl methyl sites for hydroxylation is 2. The first-order valence-electron chi connectivity index (χ1n) is 8.48. The van der Waals surface area contributed by atoms with E-state index in [-0.39, 0.29) is 11.9 Å². The lowest BCUT2D eigenvalue weighted by atomic mass is 10.1. The molecule has 7 nitrogen and oxygen atoms in total. The fourth-order valence-electron chi connectivity index (χ4n) is 2.57. The van der Waals surface area contributed by atoms with E-state index in [2.05, 4.69) is 46.4 Å². The molecule has 0 saturated carbocycles. The van der Waals surface area contributed by atoms with Gasteiger partial charge < -0.3 is 0 Å². The Labute approximate surface area is 150 Å². The molecule has 3 rings (SSSR count). The molecule has 0 spiro atoms. The van der Waals surface area contributed by atoms with Gasteiger partial charge in [0.1, 0.15) is 5.01 Å². The lowest BCUT2D eigenvalue weighted by Crippen LogP contribution is -2.14. The third kappa shape index (κ3) is 3.68. The first kappa shape index (κ1) is 17.5. The van der Waals surface area contributed by atoms with Crippen molar-refractivity contribution in [3.63, 3.8) is 0 Å². The van der Waals surface area contributed by atoms with Crippen LogP contribution < -0.4 is 5.32 Å². The summed E-state index contributed by atoms with van der Waals surface area (Å²) in [5, 5.41) is 17.7. The predicted molar refractivity (Wildman–Crippen MR) is 99.1 cm³/mol. The molecule has 0 aromatic carbocycles. The maximum atomic E-state index is 12.6. The topological polar surface area (TPSA) is 85.6 Å². The number of carbonyl (C=O) groups excluding carboxylic acids is 1. The van der Waals surface area contributed by atoms with Crippen molar-refractivity contribution in [2.75, 3.05) is 5.32 Å². The lowest BCUT2D eigenvalue weighted by molar-refractivity contribution is 0.102. The van der Waals surface area contributed by atoms with Crippen LogP contribution in [0.15, 0.2) is 12.3 Å². The van der Waals surface area contributed by atoms with Crippen LogP contribution in [0.2, 0.25) is 0 Å². The average Bonchev–Trinajstić information content (AvgIpc) is 3.18. The van der Waals surface area contributed by atoms with Crippen molar-refractivity contribution >= 4 is 33.4 Å². The molecule has 1 amide bonds. The largest absolute Gasteiger partial charge is 0.296 e. The highest BCUT2D eigenvalue weighted by molar-refractivity contribution is 7.15. The summed E-state index contributed by atoms with van der Waals surface area (Å²) in [6.07, 6.45) is 4.82. The zero-order chi connectivity index (χ0) is 18.0. The molecule has 0 aliphatic heterocycles. The molecule has 25 heavy (non-hydrogen) atoms. The monoisotopic (exact) mass is 358 g/mol. The quantitative estimate of drug-likeness (QED) is 0.725. The number of anilines is 1. The highest BCUT2D eigenvalue weighted by Crippen LogP contribution is 2.22. The van der Waals surface area contributed by atoms with Crippen molar-refractivity contribution in [2.45, 2.75) is 53.0 Å². The van der Waals surface area contributed by atoms with E-state index >= 15 is 0 Å². The molecule has 0 aliphatic rings. The molecule has 0 aliphatic carbocycles. The van der Waals surface area contributed by atoms with Gasteiger partial charge in [0.05, 0.1) is 17.5 Å². The Morgan fingerprint density at radius 3 is 2.88 bits per heavy atom. The van der Waals surface area contributed by atoms with Crippen LogP contribution in [0, 0.1) is 6.92 Å². The number of fused-ring (bicyclic) bond motifs is 1. The van der Waals surface area contributed by atoms with E-state index in [1.54, 1.807) is 6.20 Å². The van der Waals surface area contributed by atoms with Crippen LogP contribution in [0.3, 0.4) is 0 Å². The molecule has 3 aromatic rings. The molecule has 0 fully saturated rings. The Hall–Kier alpha value is -2.35. The Morgan fingerprint density at radius 2 is 2.16 bits per heavy atom. The molecule has 0 bridgehead atoms. The van der Waals surface area contributed by atoms with E-state index < -0.39 is 0 Å². The number of aromatic nitrogens is 5. The summed E-state index contributed by atoms with van der Waals surface area (Å²) >= 11 is 1.42. The van der Waals surface area contributed by atoms with Crippen molar-refractivity contribution in [1.29, 1.82) is 0 Å². The van der Waals surface area contributed by atoms with E-state index in [1.165, 1.54) is 11.3 Å². The molecule has 0 radical (unpaired) electrons. The molecule has 1 N–H and O–H groups in total. The molecular weight excluding hydrogens is 336 g/mol. The minimum atomic E-state index is -0.220. The first-order valence-corrected chi connectivity index (χ1v) is 9.29. The Bertz CT molecular complexity index is 898. The standard InChI is InChI=1S/C17H22N6OS/c1-5-6-7-14-21-22-17(25-14)20-16(24)13-8-12-9-18-23(10(2)3)15(12)19-11(13)4/h8-10H,5-7H2,1-4H3,(H,20,22,24). The number of carbonyl (C=O) groups is 1. The zero-order valence-electron chi connectivity index (χ0n) is 14.9. The van der Waals surface area contributed by atoms with E-state index in [1.807, 2.05) is 17.7 Å². The van der Waals surface area contributed by atoms with E-state index in [0.717, 1.165) is 35.3 Å². The van der Waals surface area contributed by atoms with Crippen molar-refractivity contribution < 1.29 is 4.79 Å². The SMILES string of the molecule is CCCCc1nnc(NC(=O)c2cc3cnn(C(C)C)c3nc2C)s1. The number of nitrogens with one attached hydrogen (secondary N) is 1. The highest BCUT2D eigenvalue weighted by Gasteiger charge is 2.17. The van der Waals surface area contributed by atoms with Crippen LogP contribution in [0.4, 0.5) is 5.13 Å². The van der Waals surface area contributed by atoms with Crippen LogP contribution in [0.25, 0.3) is 11.0 Å². The van der Waals surface area contributed by atoms with Crippen molar-refractivity contribution in [2.24, 2.45) is 0 Å². The summed E-state index contributed by atoms with van der Waals surface area (Å²) in [6, 6.07) is 2.05. The maximum absolute atomic E-state index is 12.6. The predicted octanol–water partition coefficient (Wildman–Crippen LogP) is 3.77. The van der Waals surface area contributed by atoms with Gasteiger partial charge in [-0.2, -0.15) is 5.10 Å². The molecule has 132 valence electrons. The van der Waals surface area contributed by atoms with Crippen LogP contribution in [-0.2, 0) is 6.42 Å². The summed E-state index contributed by atoms with van der Waals surface area (Å²) in [5.74, 6) is -0.220. The van der Waals surface area contributed by atoms with Gasteiger partial charge in [-0.3, -0.25) is 10.1 Å². The molecule has 0 saturated heterocycles. The highest BCUT2D eigenvalue weighted by atomic mass is 32.1. The van der Waals surface area contributed by atoms with Crippen molar-refractivity contribution in [3.8, 4) is 0 Å². The van der Waals surface area contributed by atoms with Gasteiger partial charge in [-0.15, -0.1) is 10.2 Å². The third-order valence-electron chi connectivity index (χ3n) is 3.92. The number of hydrogen-bond acceptors (Lipinski definition) is 6. The van der Waals surface area contributed by atoms with Crippen LogP contribution in [0.5, 0.6) is 0 Å². The fourth-order valence-corrected chi connectivity index (χ4v) is 3.35. The van der Waals surface area contributed by atoms with E-state index in [4.69, 9.17) is 0 Å². The third-order valence-corrected chi connectivity index (χ3v) is 4.82. The number of unbranched alkanes of at least 4 members (excludes halogenated alkanes) is 1. The van der Waals surface area contributed by atoms with E-state index in [0.29, 0.717) is 16.4 Å². The molecule has 8 heteroatoms. The molecule has 0 atom stereocenters. The number of hydrogen-bond donors (Lipinski definition) is 1. The second-order valence-electron chi connectivity index (χ2n) is 6.28. The van der Waals surface area contributed by atoms with Crippen molar-refractivity contribution in [1.82, 2.24) is 25.0 Å². The van der Waals surface area contributed by atoms with Gasteiger partial charge in [0.25, 0.3) is 5.91 Å². The van der Waals surface area contributed by atoms with Gasteiger partial charge in [0.2, 0.25) is 5.13 Å². The lowest BCUT2D eigenvalue weighted by Gasteiger charge is -2.08. The molecule has 3 heterocycles. The summed E-state index contributed by atoms with van der Waals surface area (Å²) < 4.78 is 1.86. The van der Waals surface area contributed by atoms with Crippen molar-refractivity contribution in [3.05, 3.63) is 28.5 Å². The Kier molecular flexibility index (Phi) is 5.08. The average molecular weight is 358 g/mol. The Balaban J connectivity index is 1.82. The zero-order valence-corrected chi connectivity index (χ0v) is 15.7. The summed E-state index contributed by atoms with van der Waals surface area (Å²) in [7, 11) is 0. The van der Waals surface area contributed by atoms with Gasteiger partial charge in [-0.05, 0) is 33.3 Å². The molecule has 0 unspecified atom stereocenters. The van der Waals surface area contributed by atoms with Crippen LogP contribution >= 0.6 is 11.3 Å².